The first-order valence-electron chi connectivity index (χ1n) is 5.27. The first-order valence-corrected chi connectivity index (χ1v) is 7.16. The third-order valence-electron chi connectivity index (χ3n) is 3.13. The van der Waals surface area contributed by atoms with E-state index in [1.807, 2.05) is 0 Å². The number of hydrogen-bond donors (Lipinski definition) is 1. The Morgan fingerprint density at radius 2 is 1.88 bits per heavy atom. The molecule has 0 amide bonds. The molecular formula is C12H17FO3S. The quantitative estimate of drug-likeness (QED) is 0.893. The number of rotatable bonds is 4. The van der Waals surface area contributed by atoms with Gasteiger partial charge in [0.1, 0.15) is 5.82 Å². The highest BCUT2D eigenvalue weighted by Gasteiger charge is 2.38. The SMILES string of the molecule is CC(C)(C(O)Cc1ccccc1F)S(C)(=O)=O. The standard InChI is InChI=1S/C12H17FO3S/c1-12(2,17(3,15)16)11(14)8-9-6-4-5-7-10(9)13/h4-7,11,14H,8H2,1-3H3. The highest BCUT2D eigenvalue weighted by Crippen LogP contribution is 2.23. The molecular weight excluding hydrogens is 243 g/mol. The van der Waals surface area contributed by atoms with Crippen LogP contribution in [0.1, 0.15) is 19.4 Å². The molecule has 0 spiro atoms. The molecule has 0 heterocycles. The van der Waals surface area contributed by atoms with Crippen LogP contribution in [-0.2, 0) is 16.3 Å². The predicted octanol–water partition coefficient (Wildman–Crippen LogP) is 1.55. The van der Waals surface area contributed by atoms with E-state index in [1.54, 1.807) is 12.1 Å². The van der Waals surface area contributed by atoms with E-state index in [-0.39, 0.29) is 6.42 Å². The lowest BCUT2D eigenvalue weighted by atomic mass is 9.98. The van der Waals surface area contributed by atoms with Crippen LogP contribution in [0.3, 0.4) is 0 Å². The molecule has 0 aliphatic rings. The molecule has 0 bridgehead atoms. The fourth-order valence-electron chi connectivity index (χ4n) is 1.37. The maximum absolute atomic E-state index is 13.4. The van der Waals surface area contributed by atoms with Crippen LogP contribution in [0.5, 0.6) is 0 Å². The van der Waals surface area contributed by atoms with Gasteiger partial charge in [0, 0.05) is 12.7 Å². The van der Waals surface area contributed by atoms with E-state index in [9.17, 15) is 17.9 Å². The second kappa shape index (κ2) is 4.74. The predicted molar refractivity (Wildman–Crippen MR) is 65.0 cm³/mol. The number of benzene rings is 1. The number of aliphatic hydroxyl groups is 1. The normalized spacial score (nSPS) is 14.6. The zero-order valence-corrected chi connectivity index (χ0v) is 11.0. The van der Waals surface area contributed by atoms with E-state index in [1.165, 1.54) is 26.0 Å². The molecule has 1 aromatic rings. The average molecular weight is 260 g/mol. The molecule has 0 aliphatic carbocycles. The van der Waals surface area contributed by atoms with E-state index in [0.717, 1.165) is 6.26 Å². The van der Waals surface area contributed by atoms with Crippen molar-refractivity contribution in [2.75, 3.05) is 6.26 Å². The topological polar surface area (TPSA) is 54.4 Å². The smallest absolute Gasteiger partial charge is 0.155 e. The Morgan fingerprint density at radius 1 is 1.35 bits per heavy atom. The second-order valence-corrected chi connectivity index (χ2v) is 7.28. The van der Waals surface area contributed by atoms with Crippen LogP contribution in [0.25, 0.3) is 0 Å². The first kappa shape index (κ1) is 14.1. The van der Waals surface area contributed by atoms with Crippen LogP contribution in [0, 0.1) is 5.82 Å². The third kappa shape index (κ3) is 3.04. The molecule has 5 heteroatoms. The molecule has 17 heavy (non-hydrogen) atoms. The van der Waals surface area contributed by atoms with Crippen molar-refractivity contribution in [2.24, 2.45) is 0 Å². The molecule has 0 saturated carbocycles. The summed E-state index contributed by atoms with van der Waals surface area (Å²) in [6.45, 7) is 2.88. The van der Waals surface area contributed by atoms with E-state index >= 15 is 0 Å². The van der Waals surface area contributed by atoms with Crippen molar-refractivity contribution in [2.45, 2.75) is 31.1 Å². The Hall–Kier alpha value is -0.940. The van der Waals surface area contributed by atoms with Crippen molar-refractivity contribution in [3.8, 4) is 0 Å². The largest absolute Gasteiger partial charge is 0.391 e. The summed E-state index contributed by atoms with van der Waals surface area (Å²) in [6, 6.07) is 6.03. The Kier molecular flexibility index (Phi) is 3.94. The molecule has 1 aromatic carbocycles. The minimum Gasteiger partial charge on any atom is -0.391 e. The van der Waals surface area contributed by atoms with Gasteiger partial charge in [0.05, 0.1) is 10.9 Å². The first-order chi connectivity index (χ1) is 7.66. The zero-order chi connectivity index (χ0) is 13.3. The van der Waals surface area contributed by atoms with Crippen molar-refractivity contribution >= 4 is 9.84 Å². The lowest BCUT2D eigenvalue weighted by Gasteiger charge is -2.28. The molecule has 96 valence electrons. The second-order valence-electron chi connectivity index (χ2n) is 4.69. The number of hydrogen-bond acceptors (Lipinski definition) is 3. The summed E-state index contributed by atoms with van der Waals surface area (Å²) in [4.78, 5) is 0. The summed E-state index contributed by atoms with van der Waals surface area (Å²) in [5.41, 5.74) is 0.316. The van der Waals surface area contributed by atoms with Gasteiger partial charge < -0.3 is 5.11 Å². The molecule has 0 radical (unpaired) electrons. The van der Waals surface area contributed by atoms with Crippen molar-refractivity contribution in [3.63, 3.8) is 0 Å². The lowest BCUT2D eigenvalue weighted by molar-refractivity contribution is 0.137. The molecule has 0 aliphatic heterocycles. The Bertz CT molecular complexity index is 494. The van der Waals surface area contributed by atoms with E-state index in [0.29, 0.717) is 5.56 Å². The molecule has 3 nitrogen and oxygen atoms in total. The van der Waals surface area contributed by atoms with E-state index in [2.05, 4.69) is 0 Å². The van der Waals surface area contributed by atoms with Gasteiger partial charge >= 0.3 is 0 Å². The molecule has 1 atom stereocenters. The summed E-state index contributed by atoms with van der Waals surface area (Å²) < 4.78 is 35.1. The monoisotopic (exact) mass is 260 g/mol. The number of aliphatic hydroxyl groups excluding tert-OH is 1. The van der Waals surface area contributed by atoms with Crippen molar-refractivity contribution in [3.05, 3.63) is 35.6 Å². The molecule has 1 unspecified atom stereocenters. The van der Waals surface area contributed by atoms with Crippen LogP contribution < -0.4 is 0 Å². The van der Waals surface area contributed by atoms with Gasteiger partial charge in [0.15, 0.2) is 9.84 Å². The van der Waals surface area contributed by atoms with Crippen molar-refractivity contribution in [1.29, 1.82) is 0 Å². The van der Waals surface area contributed by atoms with Gasteiger partial charge in [-0.25, -0.2) is 12.8 Å². The van der Waals surface area contributed by atoms with Gasteiger partial charge in [-0.05, 0) is 25.5 Å². The summed E-state index contributed by atoms with van der Waals surface area (Å²) in [6.07, 6.45) is -0.0981. The Morgan fingerprint density at radius 3 is 2.35 bits per heavy atom. The number of halogens is 1. The van der Waals surface area contributed by atoms with E-state index in [4.69, 9.17) is 0 Å². The van der Waals surface area contributed by atoms with Crippen molar-refractivity contribution < 1.29 is 17.9 Å². The van der Waals surface area contributed by atoms with Crippen molar-refractivity contribution in [1.82, 2.24) is 0 Å². The van der Waals surface area contributed by atoms with Gasteiger partial charge in [0.2, 0.25) is 0 Å². The average Bonchev–Trinajstić information content (AvgIpc) is 2.19. The highest BCUT2D eigenvalue weighted by molar-refractivity contribution is 7.92. The van der Waals surface area contributed by atoms with Crippen LogP contribution in [0.4, 0.5) is 4.39 Å². The van der Waals surface area contributed by atoms with Gasteiger partial charge in [-0.2, -0.15) is 0 Å². The summed E-state index contributed by atoms with van der Waals surface area (Å²) in [5, 5.41) is 9.94. The summed E-state index contributed by atoms with van der Waals surface area (Å²) in [5.74, 6) is -0.434. The van der Waals surface area contributed by atoms with Gasteiger partial charge in [-0.15, -0.1) is 0 Å². The minimum atomic E-state index is -3.41. The fourth-order valence-corrected chi connectivity index (χ4v) is 1.94. The molecule has 1 N–H and O–H groups in total. The third-order valence-corrected chi connectivity index (χ3v) is 5.31. The Labute approximate surface area is 101 Å². The number of sulfone groups is 1. The highest BCUT2D eigenvalue weighted by atomic mass is 32.2. The Balaban J connectivity index is 2.95. The molecule has 0 saturated heterocycles. The molecule has 0 aromatic heterocycles. The maximum Gasteiger partial charge on any atom is 0.155 e. The minimum absolute atomic E-state index is 0.0211. The molecule has 0 fully saturated rings. The van der Waals surface area contributed by atoms with Gasteiger partial charge in [0.25, 0.3) is 0 Å². The van der Waals surface area contributed by atoms with Gasteiger partial charge in [-0.1, -0.05) is 18.2 Å². The fraction of sp³-hybridized carbons (Fsp3) is 0.500. The maximum atomic E-state index is 13.4. The van der Waals surface area contributed by atoms with Crippen LogP contribution >= 0.6 is 0 Å². The van der Waals surface area contributed by atoms with Crippen LogP contribution in [0.15, 0.2) is 24.3 Å². The van der Waals surface area contributed by atoms with Crippen LogP contribution in [-0.4, -0.2) is 30.6 Å². The summed E-state index contributed by atoms with van der Waals surface area (Å²) >= 11 is 0. The zero-order valence-electron chi connectivity index (χ0n) is 10.1. The molecule has 1 rings (SSSR count). The van der Waals surface area contributed by atoms with Gasteiger partial charge in [-0.3, -0.25) is 0 Å². The van der Waals surface area contributed by atoms with Crippen LogP contribution in [0.2, 0.25) is 0 Å². The van der Waals surface area contributed by atoms with E-state index < -0.39 is 26.5 Å². The summed E-state index contributed by atoms with van der Waals surface area (Å²) in [7, 11) is -3.41. The lowest BCUT2D eigenvalue weighted by Crippen LogP contribution is -2.44.